The molecule has 0 aliphatic heterocycles. The Labute approximate surface area is 119 Å². The van der Waals surface area contributed by atoms with E-state index in [1.165, 1.54) is 31.4 Å². The molecule has 1 unspecified atom stereocenters. The molecular weight excluding hydrogens is 256 g/mol. The SMILES string of the molecule is Cc1cc(F)c(NC2C(C)(C)[C@H]3CC[C@]2(C)C3)cc1F. The molecule has 20 heavy (non-hydrogen) atoms. The van der Waals surface area contributed by atoms with Gasteiger partial charge >= 0.3 is 0 Å². The van der Waals surface area contributed by atoms with Crippen molar-refractivity contribution < 1.29 is 8.78 Å². The van der Waals surface area contributed by atoms with E-state index in [9.17, 15) is 8.78 Å². The van der Waals surface area contributed by atoms with Crippen molar-refractivity contribution in [1.29, 1.82) is 0 Å². The predicted molar refractivity (Wildman–Crippen MR) is 77.7 cm³/mol. The Kier molecular flexibility index (Phi) is 2.90. The van der Waals surface area contributed by atoms with E-state index in [0.717, 1.165) is 0 Å². The first-order valence-electron chi connectivity index (χ1n) is 7.46. The Hall–Kier alpha value is -1.12. The van der Waals surface area contributed by atoms with E-state index in [1.807, 2.05) is 0 Å². The molecule has 0 radical (unpaired) electrons. The lowest BCUT2D eigenvalue weighted by Crippen LogP contribution is -2.46. The Morgan fingerprint density at radius 1 is 1.15 bits per heavy atom. The highest BCUT2D eigenvalue weighted by Gasteiger charge is 2.59. The van der Waals surface area contributed by atoms with E-state index in [-0.39, 0.29) is 28.5 Å². The van der Waals surface area contributed by atoms with Gasteiger partial charge in [0.25, 0.3) is 0 Å². The second kappa shape index (κ2) is 4.19. The zero-order chi connectivity index (χ0) is 14.7. The van der Waals surface area contributed by atoms with Gasteiger partial charge in [-0.25, -0.2) is 8.78 Å². The van der Waals surface area contributed by atoms with Crippen LogP contribution < -0.4 is 5.32 Å². The summed E-state index contributed by atoms with van der Waals surface area (Å²) in [5.41, 5.74) is 0.981. The van der Waals surface area contributed by atoms with Crippen molar-refractivity contribution >= 4 is 5.69 Å². The van der Waals surface area contributed by atoms with Crippen LogP contribution in [0.25, 0.3) is 0 Å². The Balaban J connectivity index is 1.93. The average Bonchev–Trinajstić information content (AvgIpc) is 2.82. The minimum atomic E-state index is -0.355. The minimum Gasteiger partial charge on any atom is -0.379 e. The second-order valence-corrected chi connectivity index (χ2v) is 7.57. The van der Waals surface area contributed by atoms with Crippen LogP contribution in [0, 0.1) is 35.3 Å². The summed E-state index contributed by atoms with van der Waals surface area (Å²) in [6.07, 6.45) is 3.62. The van der Waals surface area contributed by atoms with Crippen LogP contribution in [-0.4, -0.2) is 6.04 Å². The van der Waals surface area contributed by atoms with Crippen molar-refractivity contribution in [3.05, 3.63) is 29.3 Å². The minimum absolute atomic E-state index is 0.126. The third-order valence-corrected chi connectivity index (χ3v) is 5.82. The lowest BCUT2D eigenvalue weighted by atomic mass is 9.68. The summed E-state index contributed by atoms with van der Waals surface area (Å²) >= 11 is 0. The van der Waals surface area contributed by atoms with Gasteiger partial charge in [-0.2, -0.15) is 0 Å². The first-order valence-corrected chi connectivity index (χ1v) is 7.46. The predicted octanol–water partition coefficient (Wildman–Crippen LogP) is 4.90. The van der Waals surface area contributed by atoms with Gasteiger partial charge in [0, 0.05) is 12.1 Å². The third-order valence-electron chi connectivity index (χ3n) is 5.82. The fraction of sp³-hybridized carbons (Fsp3) is 0.647. The summed E-state index contributed by atoms with van der Waals surface area (Å²) in [5.74, 6) is -0.0190. The standard InChI is InChI=1S/C17H23F2N/c1-10-7-13(19)14(8-12(10)18)20-15-16(2,3)11-5-6-17(15,4)9-11/h7-8,11,15,20H,5-6,9H2,1-4H3/t11-,15?,17+/m0/s1. The molecule has 0 aromatic heterocycles. The monoisotopic (exact) mass is 279 g/mol. The van der Waals surface area contributed by atoms with Gasteiger partial charge in [0.15, 0.2) is 0 Å². The van der Waals surface area contributed by atoms with Gasteiger partial charge in [0.1, 0.15) is 11.6 Å². The highest BCUT2D eigenvalue weighted by molar-refractivity contribution is 5.49. The molecule has 2 fully saturated rings. The molecule has 2 bridgehead atoms. The summed E-state index contributed by atoms with van der Waals surface area (Å²) in [7, 11) is 0. The van der Waals surface area contributed by atoms with Crippen LogP contribution >= 0.6 is 0 Å². The average molecular weight is 279 g/mol. The van der Waals surface area contributed by atoms with Gasteiger partial charge in [-0.05, 0) is 54.6 Å². The number of anilines is 1. The molecule has 3 heteroatoms. The highest BCUT2D eigenvalue weighted by atomic mass is 19.1. The van der Waals surface area contributed by atoms with E-state index in [1.54, 1.807) is 6.92 Å². The molecular formula is C17H23F2N. The van der Waals surface area contributed by atoms with Crippen LogP contribution in [0.2, 0.25) is 0 Å². The van der Waals surface area contributed by atoms with Gasteiger partial charge in [-0.15, -0.1) is 0 Å². The molecule has 0 amide bonds. The molecule has 110 valence electrons. The summed E-state index contributed by atoms with van der Waals surface area (Å²) < 4.78 is 27.8. The number of benzene rings is 1. The summed E-state index contributed by atoms with van der Waals surface area (Å²) in [6, 6.07) is 2.78. The molecule has 2 saturated carbocycles. The number of aryl methyl sites for hydroxylation is 1. The number of hydrogen-bond acceptors (Lipinski definition) is 1. The maximum absolute atomic E-state index is 14.1. The zero-order valence-electron chi connectivity index (χ0n) is 12.7. The Morgan fingerprint density at radius 3 is 2.45 bits per heavy atom. The normalized spacial score (nSPS) is 34.5. The van der Waals surface area contributed by atoms with E-state index in [2.05, 4.69) is 26.1 Å². The van der Waals surface area contributed by atoms with Crippen LogP contribution in [0.15, 0.2) is 12.1 Å². The fourth-order valence-electron chi connectivity index (χ4n) is 4.57. The topological polar surface area (TPSA) is 12.0 Å². The number of fused-ring (bicyclic) bond motifs is 2. The molecule has 1 aromatic rings. The fourth-order valence-corrected chi connectivity index (χ4v) is 4.57. The summed E-state index contributed by atoms with van der Waals surface area (Å²) in [4.78, 5) is 0. The molecule has 2 aliphatic rings. The maximum Gasteiger partial charge on any atom is 0.146 e. The highest BCUT2D eigenvalue weighted by Crippen LogP contribution is 2.63. The lowest BCUT2D eigenvalue weighted by molar-refractivity contribution is 0.155. The molecule has 1 N–H and O–H groups in total. The smallest absolute Gasteiger partial charge is 0.146 e. The number of nitrogens with one attached hydrogen (secondary N) is 1. The van der Waals surface area contributed by atoms with Crippen molar-refractivity contribution in [3.63, 3.8) is 0 Å². The van der Waals surface area contributed by atoms with Crippen LogP contribution in [0.1, 0.15) is 45.6 Å². The first-order chi connectivity index (χ1) is 9.24. The quantitative estimate of drug-likeness (QED) is 0.812. The zero-order valence-corrected chi connectivity index (χ0v) is 12.7. The number of rotatable bonds is 2. The second-order valence-electron chi connectivity index (χ2n) is 7.57. The van der Waals surface area contributed by atoms with Crippen LogP contribution in [0.4, 0.5) is 14.5 Å². The molecule has 1 aromatic carbocycles. The Morgan fingerprint density at radius 2 is 1.85 bits per heavy atom. The van der Waals surface area contributed by atoms with Crippen LogP contribution in [0.5, 0.6) is 0 Å². The summed E-state index contributed by atoms with van der Waals surface area (Å²) in [6.45, 7) is 8.37. The van der Waals surface area contributed by atoms with E-state index in [4.69, 9.17) is 0 Å². The molecule has 2 aliphatic carbocycles. The third kappa shape index (κ3) is 1.86. The van der Waals surface area contributed by atoms with Crippen LogP contribution in [-0.2, 0) is 0 Å². The van der Waals surface area contributed by atoms with Gasteiger partial charge in [-0.1, -0.05) is 20.8 Å². The van der Waals surface area contributed by atoms with E-state index >= 15 is 0 Å². The lowest BCUT2D eigenvalue weighted by Gasteiger charge is -2.43. The van der Waals surface area contributed by atoms with Crippen molar-refractivity contribution in [2.45, 2.75) is 53.0 Å². The van der Waals surface area contributed by atoms with Gasteiger partial charge in [0.2, 0.25) is 0 Å². The van der Waals surface area contributed by atoms with Crippen molar-refractivity contribution in [2.24, 2.45) is 16.7 Å². The van der Waals surface area contributed by atoms with Crippen molar-refractivity contribution in [1.82, 2.24) is 0 Å². The van der Waals surface area contributed by atoms with Gasteiger partial charge < -0.3 is 5.32 Å². The molecule has 3 atom stereocenters. The van der Waals surface area contributed by atoms with Crippen molar-refractivity contribution in [2.75, 3.05) is 5.32 Å². The molecule has 3 rings (SSSR count). The molecule has 0 spiro atoms. The van der Waals surface area contributed by atoms with E-state index in [0.29, 0.717) is 17.2 Å². The molecule has 1 nitrogen and oxygen atoms in total. The van der Waals surface area contributed by atoms with Gasteiger partial charge in [0.05, 0.1) is 5.69 Å². The first kappa shape index (κ1) is 13.8. The molecule has 0 saturated heterocycles. The van der Waals surface area contributed by atoms with Gasteiger partial charge in [-0.3, -0.25) is 0 Å². The summed E-state index contributed by atoms with van der Waals surface area (Å²) in [5, 5.41) is 3.32. The maximum atomic E-state index is 14.1. The number of hydrogen-bond donors (Lipinski definition) is 1. The molecule has 0 heterocycles. The van der Waals surface area contributed by atoms with Crippen LogP contribution in [0.3, 0.4) is 0 Å². The number of halogens is 2. The Bertz CT molecular complexity index is 547. The van der Waals surface area contributed by atoms with Crippen molar-refractivity contribution in [3.8, 4) is 0 Å². The van der Waals surface area contributed by atoms with E-state index < -0.39 is 0 Å². The largest absolute Gasteiger partial charge is 0.379 e.